The standard InChI is InChI=1S/C16H18N2O6S/c1-2-23-13-6-8-14(9-7-13)24-11-17-16(19)18-12-4-3-5-15(10-12)25(20,21)22/h3-10H,2,11H2,1H3,(H2,17,18,19)(H,20,21,22). The number of hydrogen-bond acceptors (Lipinski definition) is 5. The summed E-state index contributed by atoms with van der Waals surface area (Å²) in [6.07, 6.45) is 0. The zero-order chi connectivity index (χ0) is 18.3. The van der Waals surface area contributed by atoms with Crippen molar-refractivity contribution in [2.24, 2.45) is 0 Å². The van der Waals surface area contributed by atoms with Gasteiger partial charge in [0.25, 0.3) is 10.1 Å². The van der Waals surface area contributed by atoms with E-state index in [4.69, 9.17) is 14.0 Å². The molecule has 0 aliphatic heterocycles. The first-order valence-corrected chi connectivity index (χ1v) is 8.80. The van der Waals surface area contributed by atoms with Crippen LogP contribution in [-0.2, 0) is 10.1 Å². The Kier molecular flexibility index (Phi) is 6.20. The Hall–Kier alpha value is -2.78. The van der Waals surface area contributed by atoms with Crippen molar-refractivity contribution in [3.05, 3.63) is 48.5 Å². The van der Waals surface area contributed by atoms with Crippen molar-refractivity contribution in [3.63, 3.8) is 0 Å². The molecule has 0 heterocycles. The van der Waals surface area contributed by atoms with E-state index in [1.54, 1.807) is 24.3 Å². The molecule has 2 amide bonds. The van der Waals surface area contributed by atoms with Crippen LogP contribution in [-0.4, -0.2) is 32.3 Å². The molecular formula is C16H18N2O6S. The molecule has 0 spiro atoms. The number of amides is 2. The predicted octanol–water partition coefficient (Wildman–Crippen LogP) is 2.49. The molecule has 9 heteroatoms. The largest absolute Gasteiger partial charge is 0.494 e. The summed E-state index contributed by atoms with van der Waals surface area (Å²) in [6, 6.07) is 11.6. The van der Waals surface area contributed by atoms with Crippen molar-refractivity contribution in [1.82, 2.24) is 5.32 Å². The van der Waals surface area contributed by atoms with Gasteiger partial charge in [0, 0.05) is 5.69 Å². The maximum Gasteiger partial charge on any atom is 0.321 e. The number of hydrogen-bond donors (Lipinski definition) is 3. The van der Waals surface area contributed by atoms with Crippen LogP contribution in [0.4, 0.5) is 10.5 Å². The fraction of sp³-hybridized carbons (Fsp3) is 0.188. The number of rotatable bonds is 7. The van der Waals surface area contributed by atoms with Gasteiger partial charge in [0.2, 0.25) is 0 Å². The number of ether oxygens (including phenoxy) is 2. The highest BCUT2D eigenvalue weighted by Gasteiger charge is 2.10. The molecule has 2 aromatic rings. The van der Waals surface area contributed by atoms with Gasteiger partial charge in [-0.15, -0.1) is 0 Å². The molecule has 0 saturated carbocycles. The van der Waals surface area contributed by atoms with Crippen molar-refractivity contribution >= 4 is 21.8 Å². The van der Waals surface area contributed by atoms with Crippen LogP contribution in [0.3, 0.4) is 0 Å². The maximum absolute atomic E-state index is 11.8. The number of carbonyl (C=O) groups is 1. The third-order valence-electron chi connectivity index (χ3n) is 3.00. The van der Waals surface area contributed by atoms with E-state index in [9.17, 15) is 13.2 Å². The Morgan fingerprint density at radius 1 is 1.08 bits per heavy atom. The van der Waals surface area contributed by atoms with Crippen LogP contribution in [0.25, 0.3) is 0 Å². The maximum atomic E-state index is 11.8. The van der Waals surface area contributed by atoms with Gasteiger partial charge in [-0.3, -0.25) is 4.55 Å². The smallest absolute Gasteiger partial charge is 0.321 e. The van der Waals surface area contributed by atoms with Gasteiger partial charge in [-0.2, -0.15) is 8.42 Å². The second-order valence-corrected chi connectivity index (χ2v) is 6.25. The Bertz CT molecular complexity index is 821. The number of nitrogens with one attached hydrogen (secondary N) is 2. The lowest BCUT2D eigenvalue weighted by atomic mass is 10.3. The lowest BCUT2D eigenvalue weighted by Gasteiger charge is -2.10. The van der Waals surface area contributed by atoms with Gasteiger partial charge in [0.15, 0.2) is 6.73 Å². The van der Waals surface area contributed by atoms with Crippen LogP contribution < -0.4 is 20.1 Å². The van der Waals surface area contributed by atoms with E-state index in [2.05, 4.69) is 10.6 Å². The third-order valence-corrected chi connectivity index (χ3v) is 3.85. The lowest BCUT2D eigenvalue weighted by Crippen LogP contribution is -2.32. The van der Waals surface area contributed by atoms with E-state index in [-0.39, 0.29) is 17.3 Å². The van der Waals surface area contributed by atoms with Crippen molar-refractivity contribution < 1.29 is 27.2 Å². The Balaban J connectivity index is 1.83. The average molecular weight is 366 g/mol. The number of anilines is 1. The topological polar surface area (TPSA) is 114 Å². The minimum absolute atomic E-state index is 0.0855. The average Bonchev–Trinajstić information content (AvgIpc) is 2.56. The minimum atomic E-state index is -4.33. The van der Waals surface area contributed by atoms with Gasteiger partial charge in [-0.1, -0.05) is 6.07 Å². The number of carbonyl (C=O) groups excluding carboxylic acids is 1. The second-order valence-electron chi connectivity index (χ2n) is 4.83. The van der Waals surface area contributed by atoms with Crippen LogP contribution >= 0.6 is 0 Å². The van der Waals surface area contributed by atoms with Crippen LogP contribution in [0.2, 0.25) is 0 Å². The molecule has 25 heavy (non-hydrogen) atoms. The van der Waals surface area contributed by atoms with Gasteiger partial charge in [0.1, 0.15) is 11.5 Å². The second kappa shape index (κ2) is 8.36. The zero-order valence-corrected chi connectivity index (χ0v) is 14.2. The Morgan fingerprint density at radius 3 is 2.32 bits per heavy atom. The van der Waals surface area contributed by atoms with Crippen LogP contribution in [0, 0.1) is 0 Å². The minimum Gasteiger partial charge on any atom is -0.494 e. The van der Waals surface area contributed by atoms with E-state index in [1.165, 1.54) is 18.2 Å². The summed E-state index contributed by atoms with van der Waals surface area (Å²) in [4.78, 5) is 11.5. The van der Waals surface area contributed by atoms with Crippen molar-refractivity contribution in [3.8, 4) is 11.5 Å². The fourth-order valence-corrected chi connectivity index (χ4v) is 2.42. The van der Waals surface area contributed by atoms with E-state index >= 15 is 0 Å². The zero-order valence-electron chi connectivity index (χ0n) is 13.4. The van der Waals surface area contributed by atoms with Gasteiger partial charge < -0.3 is 20.1 Å². The van der Waals surface area contributed by atoms with E-state index < -0.39 is 16.1 Å². The first kappa shape index (κ1) is 18.6. The van der Waals surface area contributed by atoms with Crippen LogP contribution in [0.5, 0.6) is 11.5 Å². The molecule has 2 rings (SSSR count). The highest BCUT2D eigenvalue weighted by atomic mass is 32.2. The number of urea groups is 1. The monoisotopic (exact) mass is 366 g/mol. The molecule has 0 atom stereocenters. The van der Waals surface area contributed by atoms with Crippen molar-refractivity contribution in [2.75, 3.05) is 18.7 Å². The first-order chi connectivity index (χ1) is 11.9. The quantitative estimate of drug-likeness (QED) is 0.512. The summed E-state index contributed by atoms with van der Waals surface area (Å²) in [7, 11) is -4.33. The normalized spacial score (nSPS) is 10.8. The summed E-state index contributed by atoms with van der Waals surface area (Å²) in [5, 5.41) is 4.90. The first-order valence-electron chi connectivity index (χ1n) is 7.36. The molecule has 3 N–H and O–H groups in total. The van der Waals surface area contributed by atoms with E-state index in [0.29, 0.717) is 12.4 Å². The summed E-state index contributed by atoms with van der Waals surface area (Å²) in [5.74, 6) is 1.27. The summed E-state index contributed by atoms with van der Waals surface area (Å²) in [6.45, 7) is 2.37. The molecule has 0 aliphatic rings. The molecular weight excluding hydrogens is 348 g/mol. The molecule has 8 nitrogen and oxygen atoms in total. The van der Waals surface area contributed by atoms with Gasteiger partial charge >= 0.3 is 6.03 Å². The van der Waals surface area contributed by atoms with Gasteiger partial charge in [-0.05, 0) is 49.4 Å². The SMILES string of the molecule is CCOc1ccc(OCNC(=O)Nc2cccc(S(=O)(=O)O)c2)cc1. The summed E-state index contributed by atoms with van der Waals surface area (Å²) < 4.78 is 41.8. The molecule has 0 fully saturated rings. The van der Waals surface area contributed by atoms with E-state index in [1.807, 2.05) is 6.92 Å². The highest BCUT2D eigenvalue weighted by molar-refractivity contribution is 7.85. The summed E-state index contributed by atoms with van der Waals surface area (Å²) >= 11 is 0. The molecule has 0 bridgehead atoms. The molecule has 0 aromatic heterocycles. The van der Waals surface area contributed by atoms with Crippen LogP contribution in [0.1, 0.15) is 6.92 Å². The highest BCUT2D eigenvalue weighted by Crippen LogP contribution is 2.17. The Labute approximate surface area is 145 Å². The van der Waals surface area contributed by atoms with Crippen molar-refractivity contribution in [2.45, 2.75) is 11.8 Å². The summed E-state index contributed by atoms with van der Waals surface area (Å²) in [5.41, 5.74) is 0.216. The number of benzene rings is 2. The van der Waals surface area contributed by atoms with Gasteiger partial charge in [-0.25, -0.2) is 4.79 Å². The fourth-order valence-electron chi connectivity index (χ4n) is 1.89. The van der Waals surface area contributed by atoms with E-state index in [0.717, 1.165) is 11.8 Å². The molecule has 0 saturated heterocycles. The predicted molar refractivity (Wildman–Crippen MR) is 91.5 cm³/mol. The molecule has 0 aliphatic carbocycles. The lowest BCUT2D eigenvalue weighted by molar-refractivity contribution is 0.234. The Morgan fingerprint density at radius 2 is 1.72 bits per heavy atom. The van der Waals surface area contributed by atoms with Gasteiger partial charge in [0.05, 0.1) is 11.5 Å². The molecule has 2 aromatic carbocycles. The molecule has 0 unspecified atom stereocenters. The van der Waals surface area contributed by atoms with Crippen molar-refractivity contribution in [1.29, 1.82) is 0 Å². The molecule has 134 valence electrons. The third kappa shape index (κ3) is 5.98. The molecule has 0 radical (unpaired) electrons. The van der Waals surface area contributed by atoms with Crippen LogP contribution in [0.15, 0.2) is 53.4 Å².